The fraction of sp³-hybridized carbons (Fsp3) is 0.364. The molecular formula is C11H14N3O2+. The third-order valence-corrected chi connectivity index (χ3v) is 2.55. The smallest absolute Gasteiger partial charge is 0.242 e. The summed E-state index contributed by atoms with van der Waals surface area (Å²) in [5.74, 6) is -0.164. The molecule has 0 spiro atoms. The lowest BCUT2D eigenvalue weighted by molar-refractivity contribution is -0.378. The van der Waals surface area contributed by atoms with Gasteiger partial charge in [0, 0.05) is 24.6 Å². The Bertz CT molecular complexity index is 391. The highest BCUT2D eigenvalue weighted by Crippen LogP contribution is 2.06. The molecule has 84 valence electrons. The number of aromatic amines is 1. The van der Waals surface area contributed by atoms with E-state index in [0.717, 1.165) is 5.56 Å². The predicted molar refractivity (Wildman–Crippen MR) is 56.0 cm³/mol. The number of amides is 2. The Balaban J connectivity index is 1.82. The zero-order chi connectivity index (χ0) is 11.4. The Labute approximate surface area is 93.3 Å². The molecule has 1 aromatic heterocycles. The van der Waals surface area contributed by atoms with Crippen LogP contribution in [0.4, 0.5) is 0 Å². The molecule has 1 aromatic rings. The summed E-state index contributed by atoms with van der Waals surface area (Å²) in [5.41, 5.74) is 1.00. The minimum Gasteiger partial charge on any atom is -0.350 e. The van der Waals surface area contributed by atoms with Gasteiger partial charge in [0.15, 0.2) is 12.4 Å². The molecule has 1 aliphatic rings. The number of hydrogen-bond acceptors (Lipinski definition) is 2. The minimum atomic E-state index is -0.361. The van der Waals surface area contributed by atoms with Crippen LogP contribution in [-0.2, 0) is 16.1 Å². The third kappa shape index (κ3) is 2.56. The van der Waals surface area contributed by atoms with Crippen LogP contribution in [0.3, 0.4) is 0 Å². The van der Waals surface area contributed by atoms with Crippen LogP contribution in [0.15, 0.2) is 24.5 Å². The van der Waals surface area contributed by atoms with E-state index >= 15 is 0 Å². The van der Waals surface area contributed by atoms with Gasteiger partial charge in [-0.15, -0.1) is 0 Å². The highest BCUT2D eigenvalue weighted by Gasteiger charge is 2.26. The Kier molecular flexibility index (Phi) is 3.14. The quantitative estimate of drug-likeness (QED) is 0.713. The highest BCUT2D eigenvalue weighted by molar-refractivity contribution is 5.90. The van der Waals surface area contributed by atoms with Crippen LogP contribution in [0.5, 0.6) is 0 Å². The van der Waals surface area contributed by atoms with E-state index in [1.165, 1.54) is 0 Å². The summed E-state index contributed by atoms with van der Waals surface area (Å²) in [7, 11) is 0. The largest absolute Gasteiger partial charge is 0.350 e. The summed E-state index contributed by atoms with van der Waals surface area (Å²) in [6, 6.07) is 3.43. The maximum atomic E-state index is 11.6. The summed E-state index contributed by atoms with van der Waals surface area (Å²) in [6.07, 6.45) is 4.67. The molecular weight excluding hydrogens is 206 g/mol. The summed E-state index contributed by atoms with van der Waals surface area (Å²) in [5, 5.41) is 5.42. The van der Waals surface area contributed by atoms with Crippen LogP contribution < -0.4 is 15.6 Å². The topological polar surface area (TPSA) is 72.3 Å². The van der Waals surface area contributed by atoms with Crippen molar-refractivity contribution in [2.75, 3.05) is 0 Å². The number of aromatic nitrogens is 1. The van der Waals surface area contributed by atoms with Crippen molar-refractivity contribution in [2.45, 2.75) is 25.4 Å². The molecule has 1 aliphatic heterocycles. The van der Waals surface area contributed by atoms with Crippen LogP contribution in [0.1, 0.15) is 18.4 Å². The van der Waals surface area contributed by atoms with Crippen molar-refractivity contribution in [1.29, 1.82) is 0 Å². The van der Waals surface area contributed by atoms with Crippen molar-refractivity contribution >= 4 is 11.8 Å². The van der Waals surface area contributed by atoms with Gasteiger partial charge in [0.25, 0.3) is 0 Å². The predicted octanol–water partition coefficient (Wildman–Crippen LogP) is -0.604. The standard InChI is InChI=1S/C11H13N3O2/c15-10-4-3-9(14-10)11(16)13-7-8-2-1-5-12-6-8/h1-2,5-6,9H,3-4,7H2,(H,13,16)(H,14,15)/p+1. The SMILES string of the molecule is O=C1CCC(C(=O)NCc2ccc[nH+]c2)N1. The molecule has 0 aliphatic carbocycles. The Morgan fingerprint density at radius 2 is 2.50 bits per heavy atom. The van der Waals surface area contributed by atoms with Gasteiger partial charge < -0.3 is 10.6 Å². The van der Waals surface area contributed by atoms with Crippen LogP contribution in [0.25, 0.3) is 0 Å². The van der Waals surface area contributed by atoms with E-state index in [-0.39, 0.29) is 17.9 Å². The van der Waals surface area contributed by atoms with Crippen molar-refractivity contribution < 1.29 is 14.6 Å². The van der Waals surface area contributed by atoms with Gasteiger partial charge in [-0.25, -0.2) is 4.98 Å². The molecule has 1 saturated heterocycles. The Morgan fingerprint density at radius 3 is 3.12 bits per heavy atom. The number of carbonyl (C=O) groups excluding carboxylic acids is 2. The number of rotatable bonds is 3. The first-order valence-corrected chi connectivity index (χ1v) is 5.28. The number of nitrogens with one attached hydrogen (secondary N) is 3. The van der Waals surface area contributed by atoms with Gasteiger partial charge in [0.1, 0.15) is 6.04 Å². The molecule has 1 atom stereocenters. The van der Waals surface area contributed by atoms with Gasteiger partial charge in [-0.05, 0) is 12.5 Å². The average molecular weight is 220 g/mol. The van der Waals surface area contributed by atoms with Gasteiger partial charge in [-0.2, -0.15) is 0 Å². The second kappa shape index (κ2) is 4.74. The normalized spacial score (nSPS) is 19.2. The van der Waals surface area contributed by atoms with E-state index in [0.29, 0.717) is 19.4 Å². The first-order chi connectivity index (χ1) is 7.75. The number of pyridine rings is 1. The fourth-order valence-corrected chi connectivity index (χ4v) is 1.66. The number of carbonyl (C=O) groups is 2. The van der Waals surface area contributed by atoms with E-state index in [4.69, 9.17) is 0 Å². The first-order valence-electron chi connectivity index (χ1n) is 5.28. The minimum absolute atomic E-state index is 0.0480. The van der Waals surface area contributed by atoms with Crippen molar-refractivity contribution in [2.24, 2.45) is 0 Å². The lowest BCUT2D eigenvalue weighted by Crippen LogP contribution is -2.41. The van der Waals surface area contributed by atoms with Crippen LogP contribution in [0.2, 0.25) is 0 Å². The van der Waals surface area contributed by atoms with E-state index in [2.05, 4.69) is 15.6 Å². The fourth-order valence-electron chi connectivity index (χ4n) is 1.66. The molecule has 3 N–H and O–H groups in total. The van der Waals surface area contributed by atoms with E-state index in [1.807, 2.05) is 24.5 Å². The van der Waals surface area contributed by atoms with Gasteiger partial charge in [-0.3, -0.25) is 9.59 Å². The molecule has 1 fully saturated rings. The summed E-state index contributed by atoms with van der Waals surface area (Å²) in [6.45, 7) is 0.475. The van der Waals surface area contributed by atoms with Crippen LogP contribution in [0, 0.1) is 0 Å². The summed E-state index contributed by atoms with van der Waals surface area (Å²) >= 11 is 0. The van der Waals surface area contributed by atoms with Crippen LogP contribution in [-0.4, -0.2) is 17.9 Å². The highest BCUT2D eigenvalue weighted by atomic mass is 16.2. The van der Waals surface area contributed by atoms with E-state index in [1.54, 1.807) is 0 Å². The average Bonchev–Trinajstić information content (AvgIpc) is 2.74. The number of H-pyrrole nitrogens is 1. The van der Waals surface area contributed by atoms with E-state index < -0.39 is 0 Å². The maximum Gasteiger partial charge on any atom is 0.242 e. The maximum absolute atomic E-state index is 11.6. The lowest BCUT2D eigenvalue weighted by Gasteiger charge is -2.09. The van der Waals surface area contributed by atoms with Crippen molar-refractivity contribution in [1.82, 2.24) is 10.6 Å². The molecule has 2 rings (SSSR count). The molecule has 0 saturated carbocycles. The zero-order valence-corrected chi connectivity index (χ0v) is 8.82. The molecule has 0 radical (unpaired) electrons. The molecule has 5 nitrogen and oxygen atoms in total. The number of hydrogen-bond donors (Lipinski definition) is 2. The van der Waals surface area contributed by atoms with Crippen LogP contribution >= 0.6 is 0 Å². The van der Waals surface area contributed by atoms with Crippen molar-refractivity contribution in [3.63, 3.8) is 0 Å². The second-order valence-electron chi connectivity index (χ2n) is 3.79. The molecule has 16 heavy (non-hydrogen) atoms. The molecule has 2 amide bonds. The summed E-state index contributed by atoms with van der Waals surface area (Å²) < 4.78 is 0. The second-order valence-corrected chi connectivity index (χ2v) is 3.79. The van der Waals surface area contributed by atoms with Gasteiger partial charge in [-0.1, -0.05) is 0 Å². The van der Waals surface area contributed by atoms with Crippen molar-refractivity contribution in [3.05, 3.63) is 30.1 Å². The van der Waals surface area contributed by atoms with Crippen molar-refractivity contribution in [3.8, 4) is 0 Å². The lowest BCUT2D eigenvalue weighted by atomic mass is 10.2. The Morgan fingerprint density at radius 1 is 1.62 bits per heavy atom. The van der Waals surface area contributed by atoms with E-state index in [9.17, 15) is 9.59 Å². The zero-order valence-electron chi connectivity index (χ0n) is 8.82. The Hall–Kier alpha value is -1.91. The first kappa shape index (κ1) is 10.6. The molecule has 2 heterocycles. The molecule has 5 heteroatoms. The van der Waals surface area contributed by atoms with Gasteiger partial charge in [0.05, 0.1) is 0 Å². The third-order valence-electron chi connectivity index (χ3n) is 2.55. The van der Waals surface area contributed by atoms with Gasteiger partial charge in [0.2, 0.25) is 11.8 Å². The molecule has 1 unspecified atom stereocenters. The van der Waals surface area contributed by atoms with Gasteiger partial charge >= 0.3 is 0 Å². The summed E-state index contributed by atoms with van der Waals surface area (Å²) in [4.78, 5) is 25.5. The molecule has 0 bridgehead atoms. The monoisotopic (exact) mass is 220 g/mol. The molecule has 0 aromatic carbocycles.